The summed E-state index contributed by atoms with van der Waals surface area (Å²) in [5, 5.41) is 3.96. The zero-order valence-electron chi connectivity index (χ0n) is 10.6. The zero-order chi connectivity index (χ0) is 13.7. The highest BCUT2D eigenvalue weighted by atomic mass is 35.5. The van der Waals surface area contributed by atoms with Crippen molar-refractivity contribution in [3.8, 4) is 0 Å². The highest BCUT2D eigenvalue weighted by Crippen LogP contribution is 2.25. The van der Waals surface area contributed by atoms with E-state index in [1.54, 1.807) is 18.2 Å². The molecule has 1 aromatic carbocycles. The van der Waals surface area contributed by atoms with Crippen molar-refractivity contribution in [3.63, 3.8) is 0 Å². The quantitative estimate of drug-likeness (QED) is 0.655. The van der Waals surface area contributed by atoms with E-state index >= 15 is 0 Å². The molecule has 2 rings (SSSR count). The third-order valence-corrected chi connectivity index (χ3v) is 3.57. The number of oxazole rings is 1. The molecule has 1 N–H and O–H groups in total. The Hall–Kier alpha value is -1.20. The van der Waals surface area contributed by atoms with Crippen molar-refractivity contribution in [3.05, 3.63) is 23.2 Å². The third kappa shape index (κ3) is 4.14. The van der Waals surface area contributed by atoms with Crippen molar-refractivity contribution in [1.29, 1.82) is 0 Å². The van der Waals surface area contributed by atoms with Gasteiger partial charge in [-0.3, -0.25) is 4.79 Å². The Labute approximate surface area is 120 Å². The van der Waals surface area contributed by atoms with Crippen LogP contribution in [0, 0.1) is 0 Å². The predicted molar refractivity (Wildman–Crippen MR) is 77.7 cm³/mol. The molecule has 0 spiro atoms. The summed E-state index contributed by atoms with van der Waals surface area (Å²) < 4.78 is 5.51. The van der Waals surface area contributed by atoms with Gasteiger partial charge in [0.2, 0.25) is 5.91 Å². The number of hydrogen-bond donors (Lipinski definition) is 1. The van der Waals surface area contributed by atoms with Crippen LogP contribution in [0.1, 0.15) is 19.8 Å². The maximum absolute atomic E-state index is 11.5. The van der Waals surface area contributed by atoms with Crippen LogP contribution in [-0.4, -0.2) is 23.2 Å². The van der Waals surface area contributed by atoms with E-state index < -0.39 is 0 Å². The molecule has 0 aliphatic heterocycles. The number of carbonyl (C=O) groups is 1. The second kappa shape index (κ2) is 6.82. The van der Waals surface area contributed by atoms with E-state index in [0.717, 1.165) is 19.4 Å². The number of rotatable bonds is 6. The summed E-state index contributed by atoms with van der Waals surface area (Å²) >= 11 is 7.16. The van der Waals surface area contributed by atoms with E-state index in [4.69, 9.17) is 16.0 Å². The average molecular weight is 299 g/mol. The van der Waals surface area contributed by atoms with Gasteiger partial charge in [-0.2, -0.15) is 0 Å². The minimum absolute atomic E-state index is 0.00117. The van der Waals surface area contributed by atoms with Crippen LogP contribution in [-0.2, 0) is 4.79 Å². The van der Waals surface area contributed by atoms with Crippen molar-refractivity contribution in [2.75, 3.05) is 12.3 Å². The molecule has 1 heterocycles. The van der Waals surface area contributed by atoms with Gasteiger partial charge in [0.15, 0.2) is 5.58 Å². The van der Waals surface area contributed by atoms with Crippen LogP contribution in [0.3, 0.4) is 0 Å². The Bertz CT molecular complexity index is 571. The second-order valence-electron chi connectivity index (χ2n) is 4.08. The van der Waals surface area contributed by atoms with Crippen LogP contribution in [0.2, 0.25) is 5.02 Å². The summed E-state index contributed by atoms with van der Waals surface area (Å²) in [5.41, 5.74) is 1.39. The molecule has 102 valence electrons. The van der Waals surface area contributed by atoms with Crippen molar-refractivity contribution >= 4 is 40.4 Å². The first kappa shape index (κ1) is 14.2. The summed E-state index contributed by atoms with van der Waals surface area (Å²) in [6, 6.07) is 5.27. The maximum atomic E-state index is 11.5. The molecule has 0 saturated heterocycles. The lowest BCUT2D eigenvalue weighted by molar-refractivity contribution is -0.118. The molecule has 0 bridgehead atoms. The maximum Gasteiger partial charge on any atom is 0.257 e. The Morgan fingerprint density at radius 1 is 1.53 bits per heavy atom. The molecule has 19 heavy (non-hydrogen) atoms. The van der Waals surface area contributed by atoms with Gasteiger partial charge in [0.25, 0.3) is 5.22 Å². The molecule has 0 atom stereocenters. The second-order valence-corrected chi connectivity index (χ2v) is 5.45. The Balaban J connectivity index is 1.89. The third-order valence-electron chi connectivity index (χ3n) is 2.51. The highest BCUT2D eigenvalue weighted by Gasteiger charge is 2.09. The van der Waals surface area contributed by atoms with Gasteiger partial charge >= 0.3 is 0 Å². The molecular weight excluding hydrogens is 284 g/mol. The van der Waals surface area contributed by atoms with Gasteiger partial charge < -0.3 is 9.73 Å². The number of nitrogens with zero attached hydrogens (tertiary/aromatic N) is 1. The lowest BCUT2D eigenvalue weighted by Gasteiger charge is -2.01. The summed E-state index contributed by atoms with van der Waals surface area (Å²) in [6.45, 7) is 2.81. The molecular formula is C13H15ClN2O2S. The van der Waals surface area contributed by atoms with Crippen LogP contribution in [0.25, 0.3) is 11.1 Å². The fraction of sp³-hybridized carbons (Fsp3) is 0.385. The number of carbonyl (C=O) groups excluding carboxylic acids is 1. The molecule has 1 amide bonds. The van der Waals surface area contributed by atoms with E-state index in [1.165, 1.54) is 11.8 Å². The van der Waals surface area contributed by atoms with Crippen LogP contribution < -0.4 is 5.32 Å². The van der Waals surface area contributed by atoms with Gasteiger partial charge in [-0.05, 0) is 24.6 Å². The van der Waals surface area contributed by atoms with Crippen LogP contribution in [0.15, 0.2) is 27.8 Å². The molecule has 0 fully saturated rings. The van der Waals surface area contributed by atoms with E-state index in [-0.39, 0.29) is 5.91 Å². The summed E-state index contributed by atoms with van der Waals surface area (Å²) in [4.78, 5) is 15.8. The number of hydrogen-bond acceptors (Lipinski definition) is 4. The first-order valence-electron chi connectivity index (χ1n) is 6.14. The number of halogens is 1. The van der Waals surface area contributed by atoms with E-state index in [2.05, 4.69) is 17.2 Å². The number of aromatic nitrogens is 1. The summed E-state index contributed by atoms with van der Waals surface area (Å²) in [7, 11) is 0. The fourth-order valence-electron chi connectivity index (χ4n) is 1.52. The SMILES string of the molecule is CCCCNC(=O)CSc1nc2cc(Cl)ccc2o1. The lowest BCUT2D eigenvalue weighted by Crippen LogP contribution is -2.25. The minimum atomic E-state index is -0.00117. The van der Waals surface area contributed by atoms with Crippen molar-refractivity contribution < 1.29 is 9.21 Å². The van der Waals surface area contributed by atoms with Gasteiger partial charge in [-0.15, -0.1) is 0 Å². The number of benzene rings is 1. The standard InChI is InChI=1S/C13H15ClN2O2S/c1-2-3-6-15-12(17)8-19-13-16-10-7-9(14)4-5-11(10)18-13/h4-5,7H,2-3,6,8H2,1H3,(H,15,17). The smallest absolute Gasteiger partial charge is 0.257 e. The van der Waals surface area contributed by atoms with Gasteiger partial charge in [0.1, 0.15) is 5.52 Å². The van der Waals surface area contributed by atoms with Gasteiger partial charge in [0, 0.05) is 11.6 Å². The number of unbranched alkanes of at least 4 members (excludes halogenated alkanes) is 1. The van der Waals surface area contributed by atoms with Crippen LogP contribution in [0.4, 0.5) is 0 Å². The van der Waals surface area contributed by atoms with Crippen molar-refractivity contribution in [2.24, 2.45) is 0 Å². The topological polar surface area (TPSA) is 55.1 Å². The van der Waals surface area contributed by atoms with E-state index in [1.807, 2.05) is 0 Å². The summed E-state index contributed by atoms with van der Waals surface area (Å²) in [5.74, 6) is 0.309. The van der Waals surface area contributed by atoms with Crippen LogP contribution in [0.5, 0.6) is 0 Å². The molecule has 6 heteroatoms. The first-order valence-corrected chi connectivity index (χ1v) is 7.51. The largest absolute Gasteiger partial charge is 0.431 e. The lowest BCUT2D eigenvalue weighted by atomic mass is 10.3. The van der Waals surface area contributed by atoms with E-state index in [0.29, 0.717) is 27.1 Å². The fourth-order valence-corrected chi connectivity index (χ4v) is 2.36. The van der Waals surface area contributed by atoms with Gasteiger partial charge in [0.05, 0.1) is 5.75 Å². The minimum Gasteiger partial charge on any atom is -0.431 e. The molecule has 0 radical (unpaired) electrons. The average Bonchev–Trinajstić information content (AvgIpc) is 2.78. The number of amides is 1. The first-order chi connectivity index (χ1) is 9.19. The molecule has 0 aliphatic rings. The van der Waals surface area contributed by atoms with Crippen molar-refractivity contribution in [1.82, 2.24) is 10.3 Å². The number of thioether (sulfide) groups is 1. The summed E-state index contributed by atoms with van der Waals surface area (Å²) in [6.07, 6.45) is 2.07. The molecule has 1 aromatic heterocycles. The van der Waals surface area contributed by atoms with E-state index in [9.17, 15) is 4.79 Å². The normalized spacial score (nSPS) is 10.8. The highest BCUT2D eigenvalue weighted by molar-refractivity contribution is 7.99. The number of fused-ring (bicyclic) bond motifs is 1. The molecule has 0 unspecified atom stereocenters. The molecule has 0 saturated carbocycles. The molecule has 2 aromatic rings. The van der Waals surface area contributed by atoms with Crippen molar-refractivity contribution in [2.45, 2.75) is 25.0 Å². The number of nitrogens with one attached hydrogen (secondary N) is 1. The monoisotopic (exact) mass is 298 g/mol. The van der Waals surface area contributed by atoms with Gasteiger partial charge in [-0.25, -0.2) is 4.98 Å². The zero-order valence-corrected chi connectivity index (χ0v) is 12.2. The molecule has 4 nitrogen and oxygen atoms in total. The Kier molecular flexibility index (Phi) is 5.10. The predicted octanol–water partition coefficient (Wildman–Crippen LogP) is 3.49. The molecule has 0 aliphatic carbocycles. The Morgan fingerprint density at radius 2 is 2.37 bits per heavy atom. The van der Waals surface area contributed by atoms with Crippen LogP contribution >= 0.6 is 23.4 Å². The van der Waals surface area contributed by atoms with Gasteiger partial charge in [-0.1, -0.05) is 36.7 Å². The Morgan fingerprint density at radius 3 is 3.16 bits per heavy atom.